The highest BCUT2D eigenvalue weighted by atomic mass is 19.1. The maximum Gasteiger partial charge on any atom is 0.168 e. The predicted molar refractivity (Wildman–Crippen MR) is 60.8 cm³/mol. The minimum absolute atomic E-state index is 0.127. The van der Waals surface area contributed by atoms with Gasteiger partial charge in [-0.25, -0.2) is 13.8 Å². The van der Waals surface area contributed by atoms with Crippen LogP contribution >= 0.6 is 0 Å². The van der Waals surface area contributed by atoms with E-state index in [-0.39, 0.29) is 11.6 Å². The number of rotatable bonds is 3. The van der Waals surface area contributed by atoms with E-state index in [0.717, 1.165) is 12.5 Å². The lowest BCUT2D eigenvalue weighted by molar-refractivity contribution is 0.161. The van der Waals surface area contributed by atoms with Crippen LogP contribution in [0, 0.1) is 17.6 Å². The van der Waals surface area contributed by atoms with Gasteiger partial charge in [-0.2, -0.15) is 0 Å². The van der Waals surface area contributed by atoms with Crippen molar-refractivity contribution in [1.82, 2.24) is 4.98 Å². The number of nitrogen functional groups attached to an aromatic ring is 1. The number of nitrogens with zero attached hydrogens (tertiary/aromatic N) is 2. The van der Waals surface area contributed by atoms with E-state index in [9.17, 15) is 8.78 Å². The van der Waals surface area contributed by atoms with Crippen LogP contribution in [0.5, 0.6) is 0 Å². The van der Waals surface area contributed by atoms with Gasteiger partial charge in [0.05, 0.1) is 6.61 Å². The molecule has 1 aliphatic rings. The summed E-state index contributed by atoms with van der Waals surface area (Å²) in [5, 5.41) is 0. The number of halogens is 2. The maximum atomic E-state index is 13.6. The monoisotopic (exact) mass is 243 g/mol. The van der Waals surface area contributed by atoms with Crippen molar-refractivity contribution in [3.8, 4) is 0 Å². The fourth-order valence-electron chi connectivity index (χ4n) is 2.09. The number of methoxy groups -OCH3 is 1. The van der Waals surface area contributed by atoms with E-state index in [4.69, 9.17) is 10.5 Å². The van der Waals surface area contributed by atoms with Gasteiger partial charge in [-0.15, -0.1) is 0 Å². The van der Waals surface area contributed by atoms with Gasteiger partial charge in [-0.1, -0.05) is 0 Å². The van der Waals surface area contributed by atoms with Crippen molar-refractivity contribution in [2.75, 3.05) is 37.4 Å². The van der Waals surface area contributed by atoms with Crippen LogP contribution in [-0.4, -0.2) is 31.8 Å². The first-order valence-corrected chi connectivity index (χ1v) is 5.47. The molecule has 1 aliphatic heterocycles. The molecule has 6 heteroatoms. The van der Waals surface area contributed by atoms with E-state index in [2.05, 4.69) is 4.98 Å². The van der Waals surface area contributed by atoms with Crippen LogP contribution in [0.4, 0.5) is 20.4 Å². The molecule has 0 radical (unpaired) electrons. The Morgan fingerprint density at radius 1 is 1.53 bits per heavy atom. The minimum atomic E-state index is -0.820. The Morgan fingerprint density at radius 2 is 2.29 bits per heavy atom. The standard InChI is InChI=1S/C11H15F2N3O/c1-17-6-7-2-3-16(5-7)11-9(13)4-8(12)10(14)15-11/h4,7H,2-3,5-6H2,1H3,(H2,14,15). The summed E-state index contributed by atoms with van der Waals surface area (Å²) in [6, 6.07) is 0.779. The highest BCUT2D eigenvalue weighted by molar-refractivity contribution is 5.47. The summed E-state index contributed by atoms with van der Waals surface area (Å²) in [4.78, 5) is 5.53. The molecule has 0 aromatic carbocycles. The van der Waals surface area contributed by atoms with Crippen LogP contribution in [-0.2, 0) is 4.74 Å². The van der Waals surface area contributed by atoms with Crippen molar-refractivity contribution in [1.29, 1.82) is 0 Å². The Morgan fingerprint density at radius 3 is 3.00 bits per heavy atom. The smallest absolute Gasteiger partial charge is 0.168 e. The molecule has 2 rings (SSSR count). The van der Waals surface area contributed by atoms with Gasteiger partial charge in [0.2, 0.25) is 0 Å². The summed E-state index contributed by atoms with van der Waals surface area (Å²) in [7, 11) is 1.64. The number of pyridine rings is 1. The molecule has 1 aromatic rings. The summed E-state index contributed by atoms with van der Waals surface area (Å²) < 4.78 is 31.6. The first-order chi connectivity index (χ1) is 8.11. The van der Waals surface area contributed by atoms with E-state index in [1.54, 1.807) is 12.0 Å². The minimum Gasteiger partial charge on any atom is -0.384 e. The highest BCUT2D eigenvalue weighted by Gasteiger charge is 2.26. The number of hydrogen-bond acceptors (Lipinski definition) is 4. The second kappa shape index (κ2) is 4.83. The molecule has 0 bridgehead atoms. The lowest BCUT2D eigenvalue weighted by Crippen LogP contribution is -2.23. The van der Waals surface area contributed by atoms with Gasteiger partial charge >= 0.3 is 0 Å². The molecular formula is C11H15F2N3O. The zero-order valence-electron chi connectivity index (χ0n) is 9.62. The molecule has 1 fully saturated rings. The van der Waals surface area contributed by atoms with Crippen LogP contribution in [0.1, 0.15) is 6.42 Å². The van der Waals surface area contributed by atoms with Crippen LogP contribution in [0.15, 0.2) is 6.07 Å². The maximum absolute atomic E-state index is 13.6. The number of anilines is 2. The number of nitrogens with two attached hydrogens (primary N) is 1. The summed E-state index contributed by atoms with van der Waals surface area (Å²) in [6.45, 7) is 1.97. The van der Waals surface area contributed by atoms with Crippen molar-refractivity contribution in [2.24, 2.45) is 5.92 Å². The molecule has 4 nitrogen and oxygen atoms in total. The van der Waals surface area contributed by atoms with Gasteiger partial charge in [0.25, 0.3) is 0 Å². The zero-order chi connectivity index (χ0) is 12.4. The van der Waals surface area contributed by atoms with Crippen molar-refractivity contribution in [2.45, 2.75) is 6.42 Å². The van der Waals surface area contributed by atoms with Gasteiger partial charge in [-0.3, -0.25) is 0 Å². The summed E-state index contributed by atoms with van der Waals surface area (Å²) in [5.74, 6) is -1.28. The normalized spacial score (nSPS) is 19.9. The van der Waals surface area contributed by atoms with Crippen LogP contribution in [0.25, 0.3) is 0 Å². The van der Waals surface area contributed by atoms with Crippen molar-refractivity contribution >= 4 is 11.6 Å². The van der Waals surface area contributed by atoms with Gasteiger partial charge < -0.3 is 15.4 Å². The third-order valence-electron chi connectivity index (χ3n) is 2.93. The molecule has 0 aliphatic carbocycles. The van der Waals surface area contributed by atoms with E-state index in [1.165, 1.54) is 0 Å². The highest BCUT2D eigenvalue weighted by Crippen LogP contribution is 2.26. The molecule has 0 saturated carbocycles. The van der Waals surface area contributed by atoms with E-state index < -0.39 is 11.6 Å². The fraction of sp³-hybridized carbons (Fsp3) is 0.545. The first kappa shape index (κ1) is 12.0. The lowest BCUT2D eigenvalue weighted by atomic mass is 10.1. The number of ether oxygens (including phenoxy) is 1. The molecule has 94 valence electrons. The third kappa shape index (κ3) is 2.46. The van der Waals surface area contributed by atoms with E-state index in [0.29, 0.717) is 25.6 Å². The van der Waals surface area contributed by atoms with E-state index in [1.807, 2.05) is 0 Å². The van der Waals surface area contributed by atoms with Gasteiger partial charge in [0.15, 0.2) is 23.3 Å². The molecule has 1 aromatic heterocycles. The molecule has 0 spiro atoms. The predicted octanol–water partition coefficient (Wildman–Crippen LogP) is 1.41. The van der Waals surface area contributed by atoms with Crippen molar-refractivity contribution in [3.63, 3.8) is 0 Å². The first-order valence-electron chi connectivity index (χ1n) is 5.47. The quantitative estimate of drug-likeness (QED) is 0.872. The molecule has 1 unspecified atom stereocenters. The molecule has 0 amide bonds. The second-order valence-corrected chi connectivity index (χ2v) is 4.22. The Labute approximate surface area is 98.4 Å². The SMILES string of the molecule is COCC1CCN(c2nc(N)c(F)cc2F)C1. The van der Waals surface area contributed by atoms with Crippen LogP contribution in [0.3, 0.4) is 0 Å². The summed E-state index contributed by atoms with van der Waals surface area (Å²) in [6.07, 6.45) is 0.909. The average molecular weight is 243 g/mol. The summed E-state index contributed by atoms with van der Waals surface area (Å²) >= 11 is 0. The van der Waals surface area contributed by atoms with Crippen LogP contribution in [0.2, 0.25) is 0 Å². The third-order valence-corrected chi connectivity index (χ3v) is 2.93. The van der Waals surface area contributed by atoms with Gasteiger partial charge in [0, 0.05) is 32.2 Å². The van der Waals surface area contributed by atoms with Crippen LogP contribution < -0.4 is 10.6 Å². The average Bonchev–Trinajstić information content (AvgIpc) is 2.72. The van der Waals surface area contributed by atoms with Crippen molar-refractivity contribution < 1.29 is 13.5 Å². The molecule has 1 atom stereocenters. The van der Waals surface area contributed by atoms with E-state index >= 15 is 0 Å². The molecule has 2 N–H and O–H groups in total. The van der Waals surface area contributed by atoms with Gasteiger partial charge in [-0.05, 0) is 6.42 Å². The molecular weight excluding hydrogens is 228 g/mol. The molecule has 1 saturated heterocycles. The largest absolute Gasteiger partial charge is 0.384 e. The topological polar surface area (TPSA) is 51.4 Å². The molecule has 2 heterocycles. The Bertz CT molecular complexity index is 414. The Hall–Kier alpha value is -1.43. The Kier molecular flexibility index (Phi) is 3.42. The number of hydrogen-bond donors (Lipinski definition) is 1. The summed E-state index contributed by atoms with van der Waals surface area (Å²) in [5.41, 5.74) is 5.35. The zero-order valence-corrected chi connectivity index (χ0v) is 9.62. The lowest BCUT2D eigenvalue weighted by Gasteiger charge is -2.18. The molecule has 17 heavy (non-hydrogen) atoms. The number of aromatic nitrogens is 1. The Balaban J connectivity index is 2.16. The fourth-order valence-corrected chi connectivity index (χ4v) is 2.09. The van der Waals surface area contributed by atoms with Crippen molar-refractivity contribution in [3.05, 3.63) is 17.7 Å². The van der Waals surface area contributed by atoms with Gasteiger partial charge in [0.1, 0.15) is 0 Å². The second-order valence-electron chi connectivity index (χ2n) is 4.22.